The molecule has 0 aliphatic heterocycles. The number of nitrogen functional groups attached to an aromatic ring is 2. The lowest BCUT2D eigenvalue weighted by Crippen LogP contribution is -2.08. The predicted molar refractivity (Wildman–Crippen MR) is 91.2 cm³/mol. The van der Waals surface area contributed by atoms with Crippen LogP contribution in [0.1, 0.15) is 16.1 Å². The van der Waals surface area contributed by atoms with Crippen molar-refractivity contribution < 1.29 is 14.6 Å². The SMILES string of the molecule is COc1cc(C(=O)O)ccc1NCc1cnc2nc(N)nc(N)c2n1. The zero-order valence-corrected chi connectivity index (χ0v) is 13.2. The van der Waals surface area contributed by atoms with Crippen LogP contribution >= 0.6 is 0 Å². The smallest absolute Gasteiger partial charge is 0.335 e. The number of nitrogens with zero attached hydrogens (tertiary/aromatic N) is 4. The molecule has 0 bridgehead atoms. The Hall–Kier alpha value is -3.69. The molecular formula is C15H15N7O3. The number of anilines is 3. The number of hydrogen-bond donors (Lipinski definition) is 4. The second kappa shape index (κ2) is 6.43. The van der Waals surface area contributed by atoms with Gasteiger partial charge in [-0.25, -0.2) is 14.8 Å². The Bertz CT molecular complexity index is 961. The quantitative estimate of drug-likeness (QED) is 0.524. The van der Waals surface area contributed by atoms with Gasteiger partial charge in [-0.3, -0.25) is 0 Å². The van der Waals surface area contributed by atoms with Gasteiger partial charge in [0.15, 0.2) is 17.0 Å². The van der Waals surface area contributed by atoms with Crippen molar-refractivity contribution in [3.05, 3.63) is 35.7 Å². The summed E-state index contributed by atoms with van der Waals surface area (Å²) in [6.45, 7) is 0.315. The number of carboxylic acids is 1. The molecule has 0 atom stereocenters. The third-order valence-electron chi connectivity index (χ3n) is 3.41. The monoisotopic (exact) mass is 341 g/mol. The Kier molecular flexibility index (Phi) is 4.16. The number of methoxy groups -OCH3 is 1. The van der Waals surface area contributed by atoms with E-state index in [0.717, 1.165) is 0 Å². The third-order valence-corrected chi connectivity index (χ3v) is 3.41. The lowest BCUT2D eigenvalue weighted by molar-refractivity contribution is 0.0696. The molecule has 128 valence electrons. The van der Waals surface area contributed by atoms with Crippen LogP contribution in [0.4, 0.5) is 17.5 Å². The van der Waals surface area contributed by atoms with Crippen LogP contribution in [0.2, 0.25) is 0 Å². The Balaban J connectivity index is 1.84. The fourth-order valence-electron chi connectivity index (χ4n) is 2.22. The van der Waals surface area contributed by atoms with Gasteiger partial charge in [0.05, 0.1) is 36.8 Å². The van der Waals surface area contributed by atoms with Crippen molar-refractivity contribution in [2.45, 2.75) is 6.54 Å². The molecular weight excluding hydrogens is 326 g/mol. The first-order valence-electron chi connectivity index (χ1n) is 7.17. The first-order valence-corrected chi connectivity index (χ1v) is 7.17. The zero-order chi connectivity index (χ0) is 18.0. The molecule has 0 spiro atoms. The topological polar surface area (TPSA) is 162 Å². The molecule has 10 nitrogen and oxygen atoms in total. The Morgan fingerprint density at radius 3 is 2.80 bits per heavy atom. The maximum Gasteiger partial charge on any atom is 0.335 e. The Labute approximate surface area is 141 Å². The van der Waals surface area contributed by atoms with Crippen LogP contribution in [0.5, 0.6) is 5.75 Å². The highest BCUT2D eigenvalue weighted by molar-refractivity contribution is 5.89. The molecule has 2 heterocycles. The van der Waals surface area contributed by atoms with Crippen LogP contribution < -0.4 is 21.5 Å². The van der Waals surface area contributed by atoms with E-state index in [4.69, 9.17) is 21.3 Å². The van der Waals surface area contributed by atoms with E-state index in [2.05, 4.69) is 25.3 Å². The standard InChI is InChI=1S/C15H15N7O3/c1-25-10-4-7(14(23)24)2-3-9(10)18-5-8-6-19-13-11(20-8)12(16)21-15(17)22-13/h2-4,6,18H,5H2,1H3,(H,23,24)(H4,16,17,19,21,22). The van der Waals surface area contributed by atoms with E-state index in [1.165, 1.54) is 19.2 Å². The number of ether oxygens (including phenoxy) is 1. The minimum atomic E-state index is -1.03. The van der Waals surface area contributed by atoms with Gasteiger partial charge in [0.2, 0.25) is 5.95 Å². The van der Waals surface area contributed by atoms with Crippen molar-refractivity contribution in [1.82, 2.24) is 19.9 Å². The molecule has 10 heteroatoms. The maximum atomic E-state index is 11.0. The second-order valence-corrected chi connectivity index (χ2v) is 5.07. The van der Waals surface area contributed by atoms with Crippen molar-refractivity contribution in [3.8, 4) is 5.75 Å². The molecule has 3 aromatic rings. The first-order chi connectivity index (χ1) is 12.0. The fraction of sp³-hybridized carbons (Fsp3) is 0.133. The third kappa shape index (κ3) is 3.32. The van der Waals surface area contributed by atoms with Gasteiger partial charge in [-0.1, -0.05) is 0 Å². The van der Waals surface area contributed by atoms with Crippen molar-refractivity contribution in [3.63, 3.8) is 0 Å². The van der Waals surface area contributed by atoms with Gasteiger partial charge in [-0.2, -0.15) is 9.97 Å². The van der Waals surface area contributed by atoms with Gasteiger partial charge in [-0.05, 0) is 18.2 Å². The van der Waals surface area contributed by atoms with Crippen molar-refractivity contribution >= 4 is 34.6 Å². The number of aromatic nitrogens is 4. The predicted octanol–water partition coefficient (Wildman–Crippen LogP) is 0.903. The summed E-state index contributed by atoms with van der Waals surface area (Å²) in [5.74, 6) is -0.432. The number of rotatable bonds is 5. The van der Waals surface area contributed by atoms with Gasteiger partial charge in [0.25, 0.3) is 0 Å². The number of nitrogens with one attached hydrogen (secondary N) is 1. The van der Waals surface area contributed by atoms with E-state index in [9.17, 15) is 4.79 Å². The molecule has 1 aromatic carbocycles. The molecule has 2 aromatic heterocycles. The zero-order valence-electron chi connectivity index (χ0n) is 13.2. The van der Waals surface area contributed by atoms with Crippen LogP contribution in [0.3, 0.4) is 0 Å². The Morgan fingerprint density at radius 2 is 2.08 bits per heavy atom. The molecule has 0 saturated heterocycles. The number of carbonyl (C=O) groups is 1. The molecule has 25 heavy (non-hydrogen) atoms. The fourth-order valence-corrected chi connectivity index (χ4v) is 2.22. The minimum Gasteiger partial charge on any atom is -0.495 e. The highest BCUT2D eigenvalue weighted by atomic mass is 16.5. The van der Waals surface area contributed by atoms with Gasteiger partial charge < -0.3 is 26.6 Å². The van der Waals surface area contributed by atoms with E-state index in [0.29, 0.717) is 34.8 Å². The molecule has 6 N–H and O–H groups in total. The largest absolute Gasteiger partial charge is 0.495 e. The summed E-state index contributed by atoms with van der Waals surface area (Å²) < 4.78 is 5.21. The summed E-state index contributed by atoms with van der Waals surface area (Å²) >= 11 is 0. The summed E-state index contributed by atoms with van der Waals surface area (Å²) in [6, 6.07) is 4.54. The van der Waals surface area contributed by atoms with Gasteiger partial charge in [0.1, 0.15) is 5.75 Å². The van der Waals surface area contributed by atoms with Crippen LogP contribution in [-0.2, 0) is 6.54 Å². The van der Waals surface area contributed by atoms with Crippen molar-refractivity contribution in [2.24, 2.45) is 0 Å². The van der Waals surface area contributed by atoms with Crippen LogP contribution in [-0.4, -0.2) is 38.1 Å². The maximum absolute atomic E-state index is 11.0. The van der Waals surface area contributed by atoms with E-state index in [1.807, 2.05) is 0 Å². The van der Waals surface area contributed by atoms with Crippen molar-refractivity contribution in [2.75, 3.05) is 23.9 Å². The highest BCUT2D eigenvalue weighted by Crippen LogP contribution is 2.26. The molecule has 0 amide bonds. The molecule has 0 saturated carbocycles. The van der Waals surface area contributed by atoms with E-state index in [-0.39, 0.29) is 17.3 Å². The van der Waals surface area contributed by atoms with E-state index in [1.54, 1.807) is 12.3 Å². The average Bonchev–Trinajstić information content (AvgIpc) is 2.59. The highest BCUT2D eigenvalue weighted by Gasteiger charge is 2.11. The first kappa shape index (κ1) is 16.2. The number of fused-ring (bicyclic) bond motifs is 1. The molecule has 0 unspecified atom stereocenters. The Morgan fingerprint density at radius 1 is 1.28 bits per heavy atom. The molecule has 0 radical (unpaired) electrons. The number of carboxylic acid groups (broad SMARTS) is 1. The van der Waals surface area contributed by atoms with Gasteiger partial charge in [0, 0.05) is 0 Å². The second-order valence-electron chi connectivity index (χ2n) is 5.07. The van der Waals surface area contributed by atoms with Crippen LogP contribution in [0.15, 0.2) is 24.4 Å². The molecule has 0 fully saturated rings. The summed E-state index contributed by atoms with van der Waals surface area (Å²) in [6.07, 6.45) is 1.54. The number of aromatic carboxylic acids is 1. The van der Waals surface area contributed by atoms with Crippen LogP contribution in [0, 0.1) is 0 Å². The van der Waals surface area contributed by atoms with Crippen molar-refractivity contribution in [1.29, 1.82) is 0 Å². The van der Waals surface area contributed by atoms with E-state index < -0.39 is 5.97 Å². The summed E-state index contributed by atoms with van der Waals surface area (Å²) in [5, 5.41) is 12.1. The number of benzene rings is 1. The molecule has 0 aliphatic carbocycles. The number of hydrogen-bond acceptors (Lipinski definition) is 9. The van der Waals surface area contributed by atoms with Gasteiger partial charge in [-0.15, -0.1) is 0 Å². The van der Waals surface area contributed by atoms with Crippen LogP contribution in [0.25, 0.3) is 11.2 Å². The molecule has 3 rings (SSSR count). The lowest BCUT2D eigenvalue weighted by Gasteiger charge is -2.12. The lowest BCUT2D eigenvalue weighted by atomic mass is 10.2. The molecule has 0 aliphatic rings. The average molecular weight is 341 g/mol. The summed E-state index contributed by atoms with van der Waals surface area (Å²) in [5.41, 5.74) is 13.3. The van der Waals surface area contributed by atoms with E-state index >= 15 is 0 Å². The normalized spacial score (nSPS) is 10.6. The minimum absolute atomic E-state index is 0.0356. The van der Waals surface area contributed by atoms with Gasteiger partial charge >= 0.3 is 5.97 Å². The summed E-state index contributed by atoms with van der Waals surface area (Å²) in [7, 11) is 1.46. The summed E-state index contributed by atoms with van der Waals surface area (Å²) in [4.78, 5) is 27.4. The number of nitrogens with two attached hydrogens (primary N) is 2.